The standard InChI is InChI=1S/C22H28N4O3/c27-20-4-3-19(21(28)24-20)26-13-17-2-1-14(9-18(17)22(26)29)11-25-8-6-15-10-23-7-5-16(15)12-25/h1-2,9,15-16,19,23H,3-8,10-13H2,(H,24,27,28). The van der Waals surface area contributed by atoms with Crippen LogP contribution in [0.5, 0.6) is 0 Å². The number of rotatable bonds is 3. The van der Waals surface area contributed by atoms with Crippen LogP contribution in [0.25, 0.3) is 0 Å². The predicted molar refractivity (Wildman–Crippen MR) is 107 cm³/mol. The Hall–Kier alpha value is -2.25. The van der Waals surface area contributed by atoms with E-state index in [0.717, 1.165) is 55.7 Å². The summed E-state index contributed by atoms with van der Waals surface area (Å²) in [7, 11) is 0. The average Bonchev–Trinajstić information content (AvgIpc) is 3.04. The maximum absolute atomic E-state index is 13.0. The number of nitrogens with zero attached hydrogens (tertiary/aromatic N) is 2. The minimum absolute atomic E-state index is 0.0894. The van der Waals surface area contributed by atoms with E-state index in [-0.39, 0.29) is 24.1 Å². The molecule has 1 aromatic carbocycles. The van der Waals surface area contributed by atoms with Gasteiger partial charge in [0.25, 0.3) is 5.91 Å². The van der Waals surface area contributed by atoms with Crippen LogP contribution in [0.2, 0.25) is 0 Å². The van der Waals surface area contributed by atoms with E-state index in [1.807, 2.05) is 12.1 Å². The first kappa shape index (κ1) is 18.8. The van der Waals surface area contributed by atoms with Gasteiger partial charge in [0.05, 0.1) is 0 Å². The molecule has 3 saturated heterocycles. The first-order chi connectivity index (χ1) is 14.1. The molecular weight excluding hydrogens is 368 g/mol. The second-order valence-electron chi connectivity index (χ2n) is 8.93. The Morgan fingerprint density at radius 3 is 2.83 bits per heavy atom. The number of nitrogens with one attached hydrogen (secondary N) is 2. The van der Waals surface area contributed by atoms with E-state index in [1.54, 1.807) is 4.90 Å². The van der Waals surface area contributed by atoms with Gasteiger partial charge in [-0.15, -0.1) is 0 Å². The zero-order valence-electron chi connectivity index (χ0n) is 16.7. The molecule has 3 atom stereocenters. The molecule has 29 heavy (non-hydrogen) atoms. The molecule has 7 nitrogen and oxygen atoms in total. The van der Waals surface area contributed by atoms with Crippen molar-refractivity contribution in [2.24, 2.45) is 11.8 Å². The molecule has 0 radical (unpaired) electrons. The van der Waals surface area contributed by atoms with Crippen LogP contribution in [0.1, 0.15) is 47.2 Å². The summed E-state index contributed by atoms with van der Waals surface area (Å²) in [5.74, 6) is 0.892. The molecule has 0 spiro atoms. The van der Waals surface area contributed by atoms with Crippen LogP contribution in [-0.4, -0.2) is 59.7 Å². The van der Waals surface area contributed by atoms with Gasteiger partial charge in [-0.25, -0.2) is 0 Å². The fourth-order valence-corrected chi connectivity index (χ4v) is 5.43. The number of hydrogen-bond acceptors (Lipinski definition) is 5. The van der Waals surface area contributed by atoms with Gasteiger partial charge in [-0.3, -0.25) is 24.6 Å². The van der Waals surface area contributed by atoms with Gasteiger partial charge in [0.15, 0.2) is 0 Å². The lowest BCUT2D eigenvalue weighted by Crippen LogP contribution is -2.52. The number of benzene rings is 1. The summed E-state index contributed by atoms with van der Waals surface area (Å²) in [6, 6.07) is 5.62. The van der Waals surface area contributed by atoms with E-state index in [1.165, 1.54) is 12.8 Å². The highest BCUT2D eigenvalue weighted by Gasteiger charge is 2.39. The van der Waals surface area contributed by atoms with Crippen molar-refractivity contribution in [2.75, 3.05) is 26.2 Å². The normalized spacial score (nSPS) is 30.1. The number of likely N-dealkylation sites (tertiary alicyclic amines) is 1. The second kappa shape index (κ2) is 7.54. The van der Waals surface area contributed by atoms with Gasteiger partial charge in [-0.1, -0.05) is 12.1 Å². The molecule has 0 saturated carbocycles. The molecule has 4 aliphatic heterocycles. The molecule has 2 N–H and O–H groups in total. The Labute approximate surface area is 170 Å². The fourth-order valence-electron chi connectivity index (χ4n) is 5.43. The highest BCUT2D eigenvalue weighted by molar-refractivity contribution is 6.05. The van der Waals surface area contributed by atoms with Crippen molar-refractivity contribution in [2.45, 2.75) is 44.8 Å². The van der Waals surface area contributed by atoms with Crippen LogP contribution in [-0.2, 0) is 22.7 Å². The highest BCUT2D eigenvalue weighted by atomic mass is 16.2. The quantitative estimate of drug-likeness (QED) is 0.742. The summed E-state index contributed by atoms with van der Waals surface area (Å²) < 4.78 is 0. The summed E-state index contributed by atoms with van der Waals surface area (Å²) in [5, 5.41) is 5.87. The lowest BCUT2D eigenvalue weighted by Gasteiger charge is -2.41. The maximum atomic E-state index is 13.0. The Bertz CT molecular complexity index is 854. The number of fused-ring (bicyclic) bond motifs is 2. The number of imide groups is 1. The third kappa shape index (κ3) is 3.57. The summed E-state index contributed by atoms with van der Waals surface area (Å²) >= 11 is 0. The largest absolute Gasteiger partial charge is 0.322 e. The van der Waals surface area contributed by atoms with Crippen LogP contribution in [0, 0.1) is 11.8 Å². The van der Waals surface area contributed by atoms with E-state index in [2.05, 4.69) is 21.6 Å². The van der Waals surface area contributed by atoms with Crippen LogP contribution in [0.4, 0.5) is 0 Å². The minimum Gasteiger partial charge on any atom is -0.322 e. The molecule has 4 aliphatic rings. The first-order valence-electron chi connectivity index (χ1n) is 10.8. The van der Waals surface area contributed by atoms with Crippen molar-refractivity contribution in [3.8, 4) is 0 Å². The number of piperidine rings is 3. The van der Waals surface area contributed by atoms with E-state index in [0.29, 0.717) is 18.5 Å². The van der Waals surface area contributed by atoms with Crippen LogP contribution >= 0.6 is 0 Å². The summed E-state index contributed by atoms with van der Waals surface area (Å²) in [4.78, 5) is 40.7. The van der Waals surface area contributed by atoms with Crippen molar-refractivity contribution in [1.29, 1.82) is 0 Å². The third-order valence-electron chi connectivity index (χ3n) is 7.07. The molecule has 1 aromatic rings. The first-order valence-corrected chi connectivity index (χ1v) is 10.8. The molecule has 0 bridgehead atoms. The fraction of sp³-hybridized carbons (Fsp3) is 0.591. The second-order valence-corrected chi connectivity index (χ2v) is 8.93. The van der Waals surface area contributed by atoms with Gasteiger partial charge in [-0.2, -0.15) is 0 Å². The molecule has 0 aromatic heterocycles. The minimum atomic E-state index is -0.546. The number of carbonyl (C=O) groups excluding carboxylic acids is 3. The van der Waals surface area contributed by atoms with Gasteiger partial charge in [0.2, 0.25) is 11.8 Å². The lowest BCUT2D eigenvalue weighted by atomic mass is 9.81. The predicted octanol–water partition coefficient (Wildman–Crippen LogP) is 0.879. The molecule has 7 heteroatoms. The van der Waals surface area contributed by atoms with Crippen molar-refractivity contribution in [1.82, 2.24) is 20.4 Å². The molecule has 154 valence electrons. The Kier molecular flexibility index (Phi) is 4.87. The zero-order chi connectivity index (χ0) is 20.0. The molecule has 4 heterocycles. The van der Waals surface area contributed by atoms with E-state index >= 15 is 0 Å². The average molecular weight is 396 g/mol. The van der Waals surface area contributed by atoms with Crippen LogP contribution < -0.4 is 10.6 Å². The van der Waals surface area contributed by atoms with Gasteiger partial charge >= 0.3 is 0 Å². The van der Waals surface area contributed by atoms with Gasteiger partial charge < -0.3 is 10.2 Å². The van der Waals surface area contributed by atoms with Gasteiger partial charge in [0, 0.05) is 31.6 Å². The van der Waals surface area contributed by atoms with Gasteiger partial charge in [-0.05, 0) is 67.9 Å². The molecule has 0 aliphatic carbocycles. The molecule has 3 amide bonds. The Balaban J connectivity index is 1.27. The van der Waals surface area contributed by atoms with E-state index < -0.39 is 6.04 Å². The van der Waals surface area contributed by atoms with Crippen molar-refractivity contribution >= 4 is 17.7 Å². The Morgan fingerprint density at radius 2 is 1.97 bits per heavy atom. The summed E-state index contributed by atoms with van der Waals surface area (Å²) in [6.07, 6.45) is 3.19. The summed E-state index contributed by atoms with van der Waals surface area (Å²) in [6.45, 7) is 5.84. The Morgan fingerprint density at radius 1 is 1.07 bits per heavy atom. The number of amides is 3. The molecular formula is C22H28N4O3. The van der Waals surface area contributed by atoms with Gasteiger partial charge in [0.1, 0.15) is 6.04 Å². The zero-order valence-corrected chi connectivity index (χ0v) is 16.7. The SMILES string of the molecule is O=C1CCC(N2Cc3ccc(CN4CCC5CNCCC5C4)cc3C2=O)C(=O)N1. The number of hydrogen-bond donors (Lipinski definition) is 2. The van der Waals surface area contributed by atoms with Crippen molar-refractivity contribution in [3.05, 3.63) is 34.9 Å². The molecule has 5 rings (SSSR count). The van der Waals surface area contributed by atoms with Crippen molar-refractivity contribution < 1.29 is 14.4 Å². The van der Waals surface area contributed by atoms with E-state index in [9.17, 15) is 14.4 Å². The van der Waals surface area contributed by atoms with Crippen molar-refractivity contribution in [3.63, 3.8) is 0 Å². The maximum Gasteiger partial charge on any atom is 0.255 e. The monoisotopic (exact) mass is 396 g/mol. The highest BCUT2D eigenvalue weighted by Crippen LogP contribution is 2.31. The topological polar surface area (TPSA) is 81.8 Å². The van der Waals surface area contributed by atoms with Crippen LogP contribution in [0.15, 0.2) is 18.2 Å². The third-order valence-corrected chi connectivity index (χ3v) is 7.07. The lowest BCUT2D eigenvalue weighted by molar-refractivity contribution is -0.136. The molecule has 3 unspecified atom stereocenters. The molecule has 3 fully saturated rings. The van der Waals surface area contributed by atoms with E-state index in [4.69, 9.17) is 0 Å². The van der Waals surface area contributed by atoms with Crippen LogP contribution in [0.3, 0.4) is 0 Å². The number of carbonyl (C=O) groups is 3. The summed E-state index contributed by atoms with van der Waals surface area (Å²) in [5.41, 5.74) is 2.85. The smallest absolute Gasteiger partial charge is 0.255 e.